The van der Waals surface area contributed by atoms with Crippen molar-refractivity contribution in [2.75, 3.05) is 7.05 Å². The van der Waals surface area contributed by atoms with E-state index in [0.717, 1.165) is 11.1 Å². The molecule has 0 radical (unpaired) electrons. The minimum Gasteiger partial charge on any atom is -0.393 e. The lowest BCUT2D eigenvalue weighted by molar-refractivity contribution is 0.0748. The van der Waals surface area contributed by atoms with E-state index >= 15 is 0 Å². The SMILES string of the molecule is CC(CC(N)=S)N(C)C(=O)c1ccc2c(c1)COC2. The molecule has 0 aliphatic carbocycles. The van der Waals surface area contributed by atoms with Gasteiger partial charge in [0.2, 0.25) is 0 Å². The standard InChI is InChI=1S/C14H18N2O2S/c1-9(5-13(15)19)16(2)14(17)10-3-4-11-7-18-8-12(11)6-10/h3-4,6,9H,5,7-8H2,1-2H3,(H2,15,19). The fraction of sp³-hybridized carbons (Fsp3) is 0.429. The maximum atomic E-state index is 12.4. The Morgan fingerprint density at radius 3 is 2.84 bits per heavy atom. The summed E-state index contributed by atoms with van der Waals surface area (Å²) in [4.78, 5) is 14.5. The lowest BCUT2D eigenvalue weighted by Gasteiger charge is -2.24. The van der Waals surface area contributed by atoms with Crippen molar-refractivity contribution in [2.45, 2.75) is 32.6 Å². The molecule has 0 spiro atoms. The third-order valence-corrected chi connectivity index (χ3v) is 3.61. The first-order chi connectivity index (χ1) is 8.99. The van der Waals surface area contributed by atoms with Crippen LogP contribution in [-0.4, -0.2) is 28.9 Å². The summed E-state index contributed by atoms with van der Waals surface area (Å²) in [7, 11) is 1.77. The van der Waals surface area contributed by atoms with Crippen LogP contribution < -0.4 is 5.73 Å². The average molecular weight is 278 g/mol. The molecule has 5 heteroatoms. The molecule has 1 amide bonds. The van der Waals surface area contributed by atoms with Crippen LogP contribution in [0.4, 0.5) is 0 Å². The molecule has 1 heterocycles. The van der Waals surface area contributed by atoms with Crippen LogP contribution in [0.5, 0.6) is 0 Å². The summed E-state index contributed by atoms with van der Waals surface area (Å²) in [5.41, 5.74) is 8.46. The monoisotopic (exact) mass is 278 g/mol. The number of carbonyl (C=O) groups is 1. The van der Waals surface area contributed by atoms with Crippen LogP contribution in [0.1, 0.15) is 34.8 Å². The second-order valence-corrected chi connectivity index (χ2v) is 5.44. The Balaban J connectivity index is 2.13. The Labute approximate surface area is 118 Å². The predicted molar refractivity (Wildman–Crippen MR) is 77.9 cm³/mol. The van der Waals surface area contributed by atoms with Gasteiger partial charge in [0.05, 0.1) is 18.2 Å². The second kappa shape index (κ2) is 5.67. The Morgan fingerprint density at radius 1 is 1.47 bits per heavy atom. The summed E-state index contributed by atoms with van der Waals surface area (Å²) in [6, 6.07) is 5.71. The maximum Gasteiger partial charge on any atom is 0.253 e. The second-order valence-electron chi connectivity index (χ2n) is 4.91. The zero-order valence-electron chi connectivity index (χ0n) is 11.2. The van der Waals surface area contributed by atoms with E-state index in [-0.39, 0.29) is 11.9 Å². The van der Waals surface area contributed by atoms with Gasteiger partial charge in [-0.25, -0.2) is 0 Å². The molecule has 0 fully saturated rings. The first-order valence-corrected chi connectivity index (χ1v) is 6.65. The van der Waals surface area contributed by atoms with Gasteiger partial charge in [-0.3, -0.25) is 4.79 Å². The van der Waals surface area contributed by atoms with Crippen LogP contribution in [-0.2, 0) is 18.0 Å². The maximum absolute atomic E-state index is 12.4. The van der Waals surface area contributed by atoms with Gasteiger partial charge >= 0.3 is 0 Å². The van der Waals surface area contributed by atoms with Crippen molar-refractivity contribution >= 4 is 23.1 Å². The van der Waals surface area contributed by atoms with Crippen LogP contribution >= 0.6 is 12.2 Å². The molecule has 1 atom stereocenters. The fourth-order valence-corrected chi connectivity index (χ4v) is 2.38. The van der Waals surface area contributed by atoms with Gasteiger partial charge in [0.25, 0.3) is 5.91 Å². The molecule has 0 bridgehead atoms. The lowest BCUT2D eigenvalue weighted by Crippen LogP contribution is -2.37. The Hall–Kier alpha value is -1.46. The Kier molecular flexibility index (Phi) is 4.17. The summed E-state index contributed by atoms with van der Waals surface area (Å²) in [5.74, 6) is -0.0153. The van der Waals surface area contributed by atoms with Crippen molar-refractivity contribution in [3.63, 3.8) is 0 Å². The lowest BCUT2D eigenvalue weighted by atomic mass is 10.0. The molecule has 1 aliphatic rings. The van der Waals surface area contributed by atoms with E-state index in [1.165, 1.54) is 0 Å². The molecule has 0 saturated carbocycles. The number of hydrogen-bond acceptors (Lipinski definition) is 3. The molecule has 2 rings (SSSR count). The van der Waals surface area contributed by atoms with Crippen LogP contribution in [0, 0.1) is 0 Å². The van der Waals surface area contributed by atoms with Crippen LogP contribution in [0.25, 0.3) is 0 Å². The van der Waals surface area contributed by atoms with Crippen molar-refractivity contribution in [3.8, 4) is 0 Å². The fourth-order valence-electron chi connectivity index (χ4n) is 2.14. The third-order valence-electron chi connectivity index (χ3n) is 3.45. The highest BCUT2D eigenvalue weighted by molar-refractivity contribution is 7.80. The van der Waals surface area contributed by atoms with E-state index in [1.807, 2.05) is 25.1 Å². The number of rotatable bonds is 4. The molecule has 2 N–H and O–H groups in total. The zero-order chi connectivity index (χ0) is 14.0. The first kappa shape index (κ1) is 14.0. The number of thiocarbonyl (C=S) groups is 1. The van der Waals surface area contributed by atoms with Gasteiger partial charge in [-0.1, -0.05) is 18.3 Å². The normalized spacial score (nSPS) is 14.8. The molecule has 4 nitrogen and oxygen atoms in total. The van der Waals surface area contributed by atoms with E-state index in [2.05, 4.69) is 0 Å². The van der Waals surface area contributed by atoms with Crippen LogP contribution in [0.15, 0.2) is 18.2 Å². The number of fused-ring (bicyclic) bond motifs is 1. The molecule has 0 saturated heterocycles. The third kappa shape index (κ3) is 3.11. The van der Waals surface area contributed by atoms with Crippen LogP contribution in [0.2, 0.25) is 0 Å². The van der Waals surface area contributed by atoms with E-state index < -0.39 is 0 Å². The molecule has 1 aliphatic heterocycles. The van der Waals surface area contributed by atoms with Crippen molar-refractivity contribution in [1.29, 1.82) is 0 Å². The number of benzene rings is 1. The Morgan fingerprint density at radius 2 is 2.16 bits per heavy atom. The van der Waals surface area contributed by atoms with Crippen molar-refractivity contribution in [1.82, 2.24) is 4.90 Å². The van der Waals surface area contributed by atoms with Gasteiger partial charge in [-0.2, -0.15) is 0 Å². The molecule has 1 unspecified atom stereocenters. The smallest absolute Gasteiger partial charge is 0.253 e. The molecular formula is C14H18N2O2S. The summed E-state index contributed by atoms with van der Waals surface area (Å²) in [6.45, 7) is 3.16. The van der Waals surface area contributed by atoms with Gasteiger partial charge in [-0.15, -0.1) is 0 Å². The average Bonchev–Trinajstić information content (AvgIpc) is 2.83. The summed E-state index contributed by atoms with van der Waals surface area (Å²) in [6.07, 6.45) is 0.533. The highest BCUT2D eigenvalue weighted by Gasteiger charge is 2.20. The number of nitrogens with two attached hydrogens (primary N) is 1. The summed E-state index contributed by atoms with van der Waals surface area (Å²) < 4.78 is 5.35. The van der Waals surface area contributed by atoms with Crippen LogP contribution in [0.3, 0.4) is 0 Å². The van der Waals surface area contributed by atoms with Gasteiger partial charge in [0.15, 0.2) is 0 Å². The molecule has 1 aromatic rings. The number of amides is 1. The molecule has 19 heavy (non-hydrogen) atoms. The number of hydrogen-bond donors (Lipinski definition) is 1. The molecular weight excluding hydrogens is 260 g/mol. The zero-order valence-corrected chi connectivity index (χ0v) is 12.0. The summed E-state index contributed by atoms with van der Waals surface area (Å²) in [5, 5.41) is 0. The highest BCUT2D eigenvalue weighted by Crippen LogP contribution is 2.21. The van der Waals surface area contributed by atoms with E-state index in [0.29, 0.717) is 30.2 Å². The highest BCUT2D eigenvalue weighted by atomic mass is 32.1. The van der Waals surface area contributed by atoms with Gasteiger partial charge in [0.1, 0.15) is 0 Å². The summed E-state index contributed by atoms with van der Waals surface area (Å²) >= 11 is 4.88. The minimum atomic E-state index is -0.0153. The number of ether oxygens (including phenoxy) is 1. The Bertz CT molecular complexity index is 516. The van der Waals surface area contributed by atoms with Crippen molar-refractivity contribution < 1.29 is 9.53 Å². The number of nitrogens with zero attached hydrogens (tertiary/aromatic N) is 1. The number of carbonyl (C=O) groups excluding carboxylic acids is 1. The molecule has 102 valence electrons. The van der Waals surface area contributed by atoms with Gasteiger partial charge < -0.3 is 15.4 Å². The first-order valence-electron chi connectivity index (χ1n) is 6.24. The molecule has 1 aromatic carbocycles. The molecule has 0 aromatic heterocycles. The van der Waals surface area contributed by atoms with Crippen molar-refractivity contribution in [3.05, 3.63) is 34.9 Å². The van der Waals surface area contributed by atoms with E-state index in [4.69, 9.17) is 22.7 Å². The topological polar surface area (TPSA) is 55.6 Å². The van der Waals surface area contributed by atoms with Crippen molar-refractivity contribution in [2.24, 2.45) is 5.73 Å². The minimum absolute atomic E-state index is 0.00509. The largest absolute Gasteiger partial charge is 0.393 e. The van der Waals surface area contributed by atoms with E-state index in [9.17, 15) is 4.79 Å². The predicted octanol–water partition coefficient (Wildman–Crippen LogP) is 1.85. The van der Waals surface area contributed by atoms with Gasteiger partial charge in [0, 0.05) is 25.1 Å². The quantitative estimate of drug-likeness (QED) is 0.854. The van der Waals surface area contributed by atoms with E-state index in [1.54, 1.807) is 11.9 Å². The van der Waals surface area contributed by atoms with Gasteiger partial charge in [-0.05, 0) is 30.2 Å².